The quantitative estimate of drug-likeness (QED) is 0.503. The number of ether oxygens (including phenoxy) is 1. The lowest BCUT2D eigenvalue weighted by molar-refractivity contribution is -0.144. The average molecular weight is 334 g/mol. The SMILES string of the molecule is COC(=O)C(C)NC(=O)CNC(=O)CCCCCc1ccccc1. The molecule has 2 amide bonds. The third-order valence-corrected chi connectivity index (χ3v) is 3.59. The Bertz CT molecular complexity index is 531. The highest BCUT2D eigenvalue weighted by molar-refractivity contribution is 5.88. The number of hydrogen-bond acceptors (Lipinski definition) is 4. The van der Waals surface area contributed by atoms with Crippen molar-refractivity contribution in [3.8, 4) is 0 Å². The molecule has 24 heavy (non-hydrogen) atoms. The molecule has 0 aliphatic carbocycles. The van der Waals surface area contributed by atoms with Gasteiger partial charge >= 0.3 is 5.97 Å². The minimum atomic E-state index is -0.725. The lowest BCUT2D eigenvalue weighted by Gasteiger charge is -2.11. The van der Waals surface area contributed by atoms with Crippen molar-refractivity contribution in [2.24, 2.45) is 0 Å². The third-order valence-electron chi connectivity index (χ3n) is 3.59. The Morgan fingerprint density at radius 3 is 2.42 bits per heavy atom. The summed E-state index contributed by atoms with van der Waals surface area (Å²) < 4.78 is 4.51. The molecular weight excluding hydrogens is 308 g/mol. The molecule has 1 atom stereocenters. The van der Waals surface area contributed by atoms with E-state index in [1.165, 1.54) is 19.6 Å². The molecule has 1 aromatic carbocycles. The smallest absolute Gasteiger partial charge is 0.328 e. The summed E-state index contributed by atoms with van der Waals surface area (Å²) in [5.41, 5.74) is 1.30. The second-order valence-corrected chi connectivity index (χ2v) is 5.64. The molecule has 1 unspecified atom stereocenters. The minimum absolute atomic E-state index is 0.135. The van der Waals surface area contributed by atoms with Crippen LogP contribution in [-0.2, 0) is 25.5 Å². The maximum absolute atomic E-state index is 11.7. The summed E-state index contributed by atoms with van der Waals surface area (Å²) in [4.78, 5) is 34.4. The van der Waals surface area contributed by atoms with Gasteiger partial charge in [0.15, 0.2) is 0 Å². The molecule has 0 aliphatic heterocycles. The Hall–Kier alpha value is -2.37. The van der Waals surface area contributed by atoms with Gasteiger partial charge in [-0.25, -0.2) is 4.79 Å². The monoisotopic (exact) mass is 334 g/mol. The third kappa shape index (κ3) is 8.31. The molecule has 0 spiro atoms. The van der Waals surface area contributed by atoms with Crippen molar-refractivity contribution in [2.45, 2.75) is 45.1 Å². The molecule has 0 radical (unpaired) electrons. The van der Waals surface area contributed by atoms with Gasteiger partial charge in [-0.2, -0.15) is 0 Å². The Morgan fingerprint density at radius 2 is 1.75 bits per heavy atom. The van der Waals surface area contributed by atoms with Crippen LogP contribution in [0.5, 0.6) is 0 Å². The molecule has 132 valence electrons. The van der Waals surface area contributed by atoms with Crippen LogP contribution in [0.25, 0.3) is 0 Å². The first-order valence-corrected chi connectivity index (χ1v) is 8.20. The van der Waals surface area contributed by atoms with E-state index in [1.54, 1.807) is 0 Å². The minimum Gasteiger partial charge on any atom is -0.467 e. The molecule has 0 aliphatic rings. The number of methoxy groups -OCH3 is 1. The Kier molecular flexibility index (Phi) is 9.19. The van der Waals surface area contributed by atoms with Gasteiger partial charge in [-0.1, -0.05) is 36.8 Å². The number of esters is 1. The fraction of sp³-hybridized carbons (Fsp3) is 0.500. The Labute approximate surface area is 143 Å². The number of aryl methyl sites for hydroxylation is 1. The highest BCUT2D eigenvalue weighted by Gasteiger charge is 2.15. The van der Waals surface area contributed by atoms with E-state index in [-0.39, 0.29) is 12.5 Å². The number of carbonyl (C=O) groups excluding carboxylic acids is 3. The van der Waals surface area contributed by atoms with E-state index in [0.717, 1.165) is 25.7 Å². The zero-order valence-electron chi connectivity index (χ0n) is 14.3. The van der Waals surface area contributed by atoms with Crippen LogP contribution < -0.4 is 10.6 Å². The highest BCUT2D eigenvalue weighted by atomic mass is 16.5. The predicted molar refractivity (Wildman–Crippen MR) is 91.2 cm³/mol. The molecular formula is C18H26N2O4. The van der Waals surface area contributed by atoms with E-state index in [1.807, 2.05) is 18.2 Å². The van der Waals surface area contributed by atoms with Gasteiger partial charge in [-0.05, 0) is 31.7 Å². The number of unbranched alkanes of at least 4 members (excludes halogenated alkanes) is 2. The summed E-state index contributed by atoms with van der Waals surface area (Å²) in [6.45, 7) is 1.39. The van der Waals surface area contributed by atoms with Gasteiger partial charge in [0.05, 0.1) is 13.7 Å². The molecule has 6 nitrogen and oxygen atoms in total. The zero-order chi connectivity index (χ0) is 17.8. The number of rotatable bonds is 10. The van der Waals surface area contributed by atoms with Gasteiger partial charge in [0.2, 0.25) is 11.8 Å². The first-order chi connectivity index (χ1) is 11.5. The molecule has 0 saturated heterocycles. The Balaban J connectivity index is 2.07. The van der Waals surface area contributed by atoms with Crippen molar-refractivity contribution in [3.05, 3.63) is 35.9 Å². The Morgan fingerprint density at radius 1 is 1.04 bits per heavy atom. The van der Waals surface area contributed by atoms with E-state index >= 15 is 0 Å². The van der Waals surface area contributed by atoms with Gasteiger partial charge in [-0.3, -0.25) is 9.59 Å². The molecule has 0 saturated carbocycles. The van der Waals surface area contributed by atoms with E-state index in [4.69, 9.17) is 0 Å². The molecule has 2 N–H and O–H groups in total. The summed E-state index contributed by atoms with van der Waals surface area (Å²) in [6.07, 6.45) is 4.20. The number of amides is 2. The lowest BCUT2D eigenvalue weighted by Crippen LogP contribution is -2.44. The lowest BCUT2D eigenvalue weighted by atomic mass is 10.1. The number of benzene rings is 1. The predicted octanol–water partition coefficient (Wildman–Crippen LogP) is 1.58. The molecule has 0 fully saturated rings. The zero-order valence-corrected chi connectivity index (χ0v) is 14.3. The fourth-order valence-corrected chi connectivity index (χ4v) is 2.23. The van der Waals surface area contributed by atoms with E-state index in [9.17, 15) is 14.4 Å². The van der Waals surface area contributed by atoms with Crippen LogP contribution in [-0.4, -0.2) is 37.5 Å². The second-order valence-electron chi connectivity index (χ2n) is 5.64. The largest absolute Gasteiger partial charge is 0.467 e. The van der Waals surface area contributed by atoms with Crippen LogP contribution in [0, 0.1) is 0 Å². The topological polar surface area (TPSA) is 84.5 Å². The fourth-order valence-electron chi connectivity index (χ4n) is 2.23. The van der Waals surface area contributed by atoms with Gasteiger partial charge in [-0.15, -0.1) is 0 Å². The van der Waals surface area contributed by atoms with Crippen molar-refractivity contribution < 1.29 is 19.1 Å². The maximum atomic E-state index is 11.7. The maximum Gasteiger partial charge on any atom is 0.328 e. The first-order valence-electron chi connectivity index (χ1n) is 8.20. The van der Waals surface area contributed by atoms with Crippen LogP contribution in [0.3, 0.4) is 0 Å². The summed E-state index contributed by atoms with van der Waals surface area (Å²) in [6, 6.07) is 9.51. The van der Waals surface area contributed by atoms with Crippen LogP contribution >= 0.6 is 0 Å². The van der Waals surface area contributed by atoms with E-state index in [0.29, 0.717) is 6.42 Å². The summed E-state index contributed by atoms with van der Waals surface area (Å²) in [5.74, 6) is -1.09. The highest BCUT2D eigenvalue weighted by Crippen LogP contribution is 2.07. The van der Waals surface area contributed by atoms with Gasteiger partial charge in [0.1, 0.15) is 6.04 Å². The van der Waals surface area contributed by atoms with Crippen molar-refractivity contribution in [2.75, 3.05) is 13.7 Å². The summed E-state index contributed by atoms with van der Waals surface area (Å²) >= 11 is 0. The molecule has 1 aromatic rings. The van der Waals surface area contributed by atoms with Gasteiger partial charge < -0.3 is 15.4 Å². The van der Waals surface area contributed by atoms with Crippen molar-refractivity contribution >= 4 is 17.8 Å². The molecule has 0 bridgehead atoms. The summed E-state index contributed by atoms with van der Waals surface area (Å²) in [7, 11) is 1.25. The number of hydrogen-bond donors (Lipinski definition) is 2. The average Bonchev–Trinajstić information content (AvgIpc) is 2.59. The van der Waals surface area contributed by atoms with Crippen LogP contribution in [0.2, 0.25) is 0 Å². The van der Waals surface area contributed by atoms with Crippen molar-refractivity contribution in [3.63, 3.8) is 0 Å². The normalized spacial score (nSPS) is 11.4. The van der Waals surface area contributed by atoms with Gasteiger partial charge in [0.25, 0.3) is 0 Å². The molecule has 1 rings (SSSR count). The second kappa shape index (κ2) is 11.2. The van der Waals surface area contributed by atoms with E-state index < -0.39 is 17.9 Å². The van der Waals surface area contributed by atoms with Crippen molar-refractivity contribution in [1.29, 1.82) is 0 Å². The first kappa shape index (κ1) is 19.7. The van der Waals surface area contributed by atoms with Crippen LogP contribution in [0.1, 0.15) is 38.2 Å². The van der Waals surface area contributed by atoms with Gasteiger partial charge in [0, 0.05) is 6.42 Å². The molecule has 6 heteroatoms. The van der Waals surface area contributed by atoms with Crippen LogP contribution in [0.15, 0.2) is 30.3 Å². The molecule has 0 heterocycles. The number of nitrogens with one attached hydrogen (secondary N) is 2. The number of carbonyl (C=O) groups is 3. The summed E-state index contributed by atoms with van der Waals surface area (Å²) in [5, 5.41) is 5.00. The standard InChI is InChI=1S/C18H26N2O4/c1-14(18(23)24-2)20-17(22)13-19-16(21)12-8-4-7-11-15-9-5-3-6-10-15/h3,5-6,9-10,14H,4,7-8,11-13H2,1-2H3,(H,19,21)(H,20,22). The molecule has 0 aromatic heterocycles. The van der Waals surface area contributed by atoms with Crippen molar-refractivity contribution in [1.82, 2.24) is 10.6 Å². The van der Waals surface area contributed by atoms with Crippen LogP contribution in [0.4, 0.5) is 0 Å². The van der Waals surface area contributed by atoms with E-state index in [2.05, 4.69) is 27.5 Å².